The van der Waals surface area contributed by atoms with E-state index >= 15 is 0 Å². The van der Waals surface area contributed by atoms with Gasteiger partial charge in [0, 0.05) is 38.5 Å². The quantitative estimate of drug-likeness (QED) is 0.647. The van der Waals surface area contributed by atoms with Crippen LogP contribution in [0.15, 0.2) is 46.1 Å². The SMILES string of the molecule is O=C(c1ccoc1)N1CCC2(CC1)CC(Cc1nc(-c3cnccn3)no1)CCO2. The third kappa shape index (κ3) is 3.85. The standard InChI is InChI=1S/C21H23N5O4/c27-20(16-2-9-28-14-16)26-7-3-21(4-8-26)12-15(1-10-29-21)11-18-24-19(25-30-18)17-13-22-5-6-23-17/h2,5-6,9,13-15H,1,3-4,7-8,10-12H2. The van der Waals surface area contributed by atoms with Gasteiger partial charge in [-0.25, -0.2) is 4.98 Å². The summed E-state index contributed by atoms with van der Waals surface area (Å²) < 4.78 is 16.7. The molecule has 3 aromatic rings. The second-order valence-corrected chi connectivity index (χ2v) is 8.00. The summed E-state index contributed by atoms with van der Waals surface area (Å²) in [7, 11) is 0. The number of hydrogen-bond donors (Lipinski definition) is 0. The van der Waals surface area contributed by atoms with Gasteiger partial charge in [-0.2, -0.15) is 4.98 Å². The summed E-state index contributed by atoms with van der Waals surface area (Å²) in [6.45, 7) is 2.09. The molecule has 156 valence electrons. The van der Waals surface area contributed by atoms with Gasteiger partial charge in [0.15, 0.2) is 0 Å². The Balaban J connectivity index is 1.20. The van der Waals surface area contributed by atoms with Crippen LogP contribution in [0.25, 0.3) is 11.5 Å². The second kappa shape index (κ2) is 7.98. The number of rotatable bonds is 4. The first-order valence-corrected chi connectivity index (χ1v) is 10.3. The number of amides is 1. The topological polar surface area (TPSA) is 107 Å². The maximum atomic E-state index is 12.5. The minimum Gasteiger partial charge on any atom is -0.472 e. The van der Waals surface area contributed by atoms with Crippen molar-refractivity contribution in [3.8, 4) is 11.5 Å². The zero-order valence-corrected chi connectivity index (χ0v) is 16.6. The van der Waals surface area contributed by atoms with E-state index in [1.165, 1.54) is 12.5 Å². The lowest BCUT2D eigenvalue weighted by Gasteiger charge is -2.46. The lowest BCUT2D eigenvalue weighted by atomic mass is 9.78. The largest absolute Gasteiger partial charge is 0.472 e. The van der Waals surface area contributed by atoms with Gasteiger partial charge >= 0.3 is 0 Å². The Morgan fingerprint density at radius 2 is 2.17 bits per heavy atom. The van der Waals surface area contributed by atoms with E-state index in [2.05, 4.69) is 20.1 Å². The number of carbonyl (C=O) groups is 1. The number of ether oxygens (including phenoxy) is 1. The molecule has 2 aliphatic rings. The number of likely N-dealkylation sites (tertiary alicyclic amines) is 1. The van der Waals surface area contributed by atoms with Gasteiger partial charge in [-0.3, -0.25) is 9.78 Å². The predicted molar refractivity (Wildman–Crippen MR) is 104 cm³/mol. The van der Waals surface area contributed by atoms with E-state index in [4.69, 9.17) is 13.7 Å². The lowest BCUT2D eigenvalue weighted by molar-refractivity contribution is -0.124. The Morgan fingerprint density at radius 1 is 1.27 bits per heavy atom. The van der Waals surface area contributed by atoms with E-state index in [1.807, 2.05) is 4.90 Å². The van der Waals surface area contributed by atoms with Gasteiger partial charge in [0.25, 0.3) is 5.91 Å². The smallest absolute Gasteiger partial charge is 0.257 e. The van der Waals surface area contributed by atoms with Crippen LogP contribution in [0.2, 0.25) is 0 Å². The van der Waals surface area contributed by atoms with Crippen molar-refractivity contribution in [1.29, 1.82) is 0 Å². The molecular formula is C21H23N5O4. The lowest BCUT2D eigenvalue weighted by Crippen LogP contribution is -2.51. The summed E-state index contributed by atoms with van der Waals surface area (Å²) in [6.07, 6.45) is 12.2. The molecule has 0 aromatic carbocycles. The van der Waals surface area contributed by atoms with Crippen LogP contribution in [-0.2, 0) is 11.2 Å². The van der Waals surface area contributed by atoms with Crippen molar-refractivity contribution in [2.75, 3.05) is 19.7 Å². The molecule has 5 heterocycles. The Morgan fingerprint density at radius 3 is 2.93 bits per heavy atom. The fraction of sp³-hybridized carbons (Fsp3) is 0.476. The first kappa shape index (κ1) is 18.9. The summed E-state index contributed by atoms with van der Waals surface area (Å²) in [5.41, 5.74) is 1.03. The van der Waals surface area contributed by atoms with Crippen LogP contribution in [0, 0.1) is 5.92 Å². The second-order valence-electron chi connectivity index (χ2n) is 8.00. The van der Waals surface area contributed by atoms with Crippen molar-refractivity contribution in [1.82, 2.24) is 25.0 Å². The van der Waals surface area contributed by atoms with Crippen LogP contribution in [0.1, 0.15) is 41.9 Å². The summed E-state index contributed by atoms with van der Waals surface area (Å²) in [5.74, 6) is 1.51. The van der Waals surface area contributed by atoms with Crippen LogP contribution < -0.4 is 0 Å². The summed E-state index contributed by atoms with van der Waals surface area (Å²) in [5, 5.41) is 4.04. The molecule has 2 aliphatic heterocycles. The highest BCUT2D eigenvalue weighted by molar-refractivity contribution is 5.93. The predicted octanol–water partition coefficient (Wildman–Crippen LogP) is 2.76. The van der Waals surface area contributed by atoms with E-state index in [0.29, 0.717) is 48.6 Å². The van der Waals surface area contributed by atoms with Gasteiger partial charge in [-0.15, -0.1) is 0 Å². The number of nitrogens with zero attached hydrogens (tertiary/aromatic N) is 5. The molecule has 1 amide bonds. The monoisotopic (exact) mass is 409 g/mol. The summed E-state index contributed by atoms with van der Waals surface area (Å²) in [4.78, 5) is 27.2. The number of aromatic nitrogens is 4. The van der Waals surface area contributed by atoms with E-state index in [9.17, 15) is 4.79 Å². The number of hydrogen-bond acceptors (Lipinski definition) is 8. The van der Waals surface area contributed by atoms with Crippen molar-refractivity contribution in [2.24, 2.45) is 5.92 Å². The molecule has 0 aliphatic carbocycles. The highest BCUT2D eigenvalue weighted by Crippen LogP contribution is 2.39. The molecule has 0 radical (unpaired) electrons. The highest BCUT2D eigenvalue weighted by Gasteiger charge is 2.41. The Hall–Kier alpha value is -3.07. The first-order chi connectivity index (χ1) is 14.7. The van der Waals surface area contributed by atoms with Crippen molar-refractivity contribution < 1.29 is 18.5 Å². The van der Waals surface area contributed by atoms with Gasteiger partial charge in [0.1, 0.15) is 12.0 Å². The zero-order chi connectivity index (χ0) is 20.4. The normalized spacial score (nSPS) is 21.1. The highest BCUT2D eigenvalue weighted by atomic mass is 16.5. The van der Waals surface area contributed by atoms with Crippen molar-refractivity contribution in [3.05, 3.63) is 48.6 Å². The van der Waals surface area contributed by atoms with Crippen LogP contribution in [0.4, 0.5) is 0 Å². The van der Waals surface area contributed by atoms with E-state index < -0.39 is 0 Å². The molecular weight excluding hydrogens is 386 g/mol. The Kier molecular flexibility index (Phi) is 5.04. The molecule has 2 fully saturated rings. The molecule has 2 saturated heterocycles. The molecule has 0 saturated carbocycles. The number of furan rings is 1. The maximum Gasteiger partial charge on any atom is 0.257 e. The molecule has 0 N–H and O–H groups in total. The Bertz CT molecular complexity index is 980. The fourth-order valence-electron chi connectivity index (χ4n) is 4.44. The van der Waals surface area contributed by atoms with Crippen LogP contribution in [0.5, 0.6) is 0 Å². The summed E-state index contributed by atoms with van der Waals surface area (Å²) >= 11 is 0. The van der Waals surface area contributed by atoms with Crippen LogP contribution in [-0.4, -0.2) is 56.2 Å². The minimum atomic E-state index is -0.177. The molecule has 30 heavy (non-hydrogen) atoms. The molecule has 0 bridgehead atoms. The van der Waals surface area contributed by atoms with Gasteiger partial charge in [0.2, 0.25) is 11.7 Å². The van der Waals surface area contributed by atoms with Crippen molar-refractivity contribution >= 4 is 5.91 Å². The third-order valence-electron chi connectivity index (χ3n) is 6.05. The number of carbonyl (C=O) groups excluding carboxylic acids is 1. The maximum absolute atomic E-state index is 12.5. The van der Waals surface area contributed by atoms with Crippen molar-refractivity contribution in [3.63, 3.8) is 0 Å². The summed E-state index contributed by atoms with van der Waals surface area (Å²) in [6, 6.07) is 1.71. The van der Waals surface area contributed by atoms with E-state index in [0.717, 1.165) is 32.1 Å². The molecule has 3 aromatic heterocycles. The molecule has 9 nitrogen and oxygen atoms in total. The zero-order valence-electron chi connectivity index (χ0n) is 16.6. The van der Waals surface area contributed by atoms with Crippen molar-refractivity contribution in [2.45, 2.75) is 37.7 Å². The minimum absolute atomic E-state index is 0.0216. The number of piperidine rings is 1. The first-order valence-electron chi connectivity index (χ1n) is 10.3. The van der Waals surface area contributed by atoms with Gasteiger partial charge in [-0.05, 0) is 37.7 Å². The molecule has 1 atom stereocenters. The van der Waals surface area contributed by atoms with Gasteiger partial charge < -0.3 is 18.6 Å². The van der Waals surface area contributed by atoms with Gasteiger partial charge in [-0.1, -0.05) is 5.16 Å². The fourth-order valence-corrected chi connectivity index (χ4v) is 4.44. The third-order valence-corrected chi connectivity index (χ3v) is 6.05. The van der Waals surface area contributed by atoms with Gasteiger partial charge in [0.05, 0.1) is 23.6 Å². The average Bonchev–Trinajstić information content (AvgIpc) is 3.47. The van der Waals surface area contributed by atoms with E-state index in [-0.39, 0.29) is 11.5 Å². The molecule has 9 heteroatoms. The van der Waals surface area contributed by atoms with E-state index in [1.54, 1.807) is 24.7 Å². The Labute approximate surface area is 173 Å². The molecule has 5 rings (SSSR count). The molecule has 1 unspecified atom stereocenters. The van der Waals surface area contributed by atoms with Crippen LogP contribution in [0.3, 0.4) is 0 Å². The molecule has 1 spiro atoms. The van der Waals surface area contributed by atoms with Crippen LogP contribution >= 0.6 is 0 Å². The average molecular weight is 409 g/mol.